The summed E-state index contributed by atoms with van der Waals surface area (Å²) in [4.78, 5) is 24.0. The Morgan fingerprint density at radius 1 is 1.46 bits per heavy atom. The molecule has 1 unspecified atom stereocenters. The van der Waals surface area contributed by atoms with E-state index in [4.69, 9.17) is 5.73 Å². The standard InChI is InChI=1S/C17H24N6O3S.ClH/c1-11(2)8-17(3,9-18)20-15(24)12-5-6-14(13(7-12)23(25)26)27-16-21-19-10-22(16)4;/h5-7,10-11H,8-9,18H2,1-4H3,(H,20,24);1H. The first kappa shape index (κ1) is 23.9. The zero-order valence-corrected chi connectivity index (χ0v) is 17.8. The predicted molar refractivity (Wildman–Crippen MR) is 110 cm³/mol. The van der Waals surface area contributed by atoms with Crippen LogP contribution in [0.4, 0.5) is 5.69 Å². The van der Waals surface area contributed by atoms with Crippen LogP contribution in [0.15, 0.2) is 34.6 Å². The van der Waals surface area contributed by atoms with Crippen molar-refractivity contribution in [2.45, 2.75) is 42.8 Å². The Kier molecular flexibility index (Phi) is 8.40. The largest absolute Gasteiger partial charge is 0.346 e. The van der Waals surface area contributed by atoms with Gasteiger partial charge in [-0.3, -0.25) is 14.9 Å². The Labute approximate surface area is 174 Å². The second-order valence-electron chi connectivity index (χ2n) is 7.08. The molecule has 1 heterocycles. The second-order valence-corrected chi connectivity index (χ2v) is 8.09. The quantitative estimate of drug-likeness (QED) is 0.488. The summed E-state index contributed by atoms with van der Waals surface area (Å²) in [6, 6.07) is 4.39. The van der Waals surface area contributed by atoms with Crippen LogP contribution < -0.4 is 11.1 Å². The zero-order valence-electron chi connectivity index (χ0n) is 16.2. The number of nitro benzene ring substituents is 1. The lowest BCUT2D eigenvalue weighted by Gasteiger charge is -2.31. The third-order valence-electron chi connectivity index (χ3n) is 4.01. The van der Waals surface area contributed by atoms with E-state index in [2.05, 4.69) is 15.5 Å². The highest BCUT2D eigenvalue weighted by molar-refractivity contribution is 7.99. The van der Waals surface area contributed by atoms with Crippen molar-refractivity contribution < 1.29 is 9.72 Å². The molecule has 0 aliphatic carbocycles. The fraction of sp³-hybridized carbons (Fsp3) is 0.471. The van der Waals surface area contributed by atoms with Gasteiger partial charge in [0, 0.05) is 30.8 Å². The van der Waals surface area contributed by atoms with Crippen molar-refractivity contribution in [2.24, 2.45) is 18.7 Å². The lowest BCUT2D eigenvalue weighted by atomic mass is 9.90. The maximum absolute atomic E-state index is 12.6. The summed E-state index contributed by atoms with van der Waals surface area (Å²) < 4.78 is 1.66. The molecule has 9 nitrogen and oxygen atoms in total. The number of halogens is 1. The van der Waals surface area contributed by atoms with Gasteiger partial charge in [0.05, 0.1) is 9.82 Å². The van der Waals surface area contributed by atoms with Crippen molar-refractivity contribution in [1.82, 2.24) is 20.1 Å². The normalized spacial score (nSPS) is 12.9. The number of nitrogens with two attached hydrogens (primary N) is 1. The summed E-state index contributed by atoms with van der Waals surface area (Å²) >= 11 is 1.12. The van der Waals surface area contributed by atoms with Gasteiger partial charge in [-0.15, -0.1) is 22.6 Å². The molecule has 0 saturated heterocycles. The summed E-state index contributed by atoms with van der Waals surface area (Å²) in [6.45, 7) is 6.24. The van der Waals surface area contributed by atoms with E-state index >= 15 is 0 Å². The number of carbonyl (C=O) groups excluding carboxylic acids is 1. The van der Waals surface area contributed by atoms with E-state index in [1.807, 2.05) is 20.8 Å². The number of nitrogens with zero attached hydrogens (tertiary/aromatic N) is 4. The number of aromatic nitrogens is 3. The number of nitro groups is 1. The van der Waals surface area contributed by atoms with E-state index in [0.29, 0.717) is 22.4 Å². The van der Waals surface area contributed by atoms with E-state index in [-0.39, 0.29) is 36.1 Å². The van der Waals surface area contributed by atoms with Crippen LogP contribution in [-0.4, -0.2) is 37.7 Å². The van der Waals surface area contributed by atoms with E-state index in [1.165, 1.54) is 12.4 Å². The minimum absolute atomic E-state index is 0. The lowest BCUT2D eigenvalue weighted by molar-refractivity contribution is -0.387. The van der Waals surface area contributed by atoms with Gasteiger partial charge in [0.2, 0.25) is 0 Å². The van der Waals surface area contributed by atoms with Crippen LogP contribution in [0.5, 0.6) is 0 Å². The maximum Gasteiger partial charge on any atom is 0.284 e. The van der Waals surface area contributed by atoms with Gasteiger partial charge in [-0.2, -0.15) is 0 Å². The highest BCUT2D eigenvalue weighted by Crippen LogP contribution is 2.34. The molecule has 0 fully saturated rings. The lowest BCUT2D eigenvalue weighted by Crippen LogP contribution is -2.52. The summed E-state index contributed by atoms with van der Waals surface area (Å²) in [5, 5.41) is 22.6. The molecule has 0 aliphatic heterocycles. The Morgan fingerprint density at radius 3 is 2.64 bits per heavy atom. The monoisotopic (exact) mass is 428 g/mol. The van der Waals surface area contributed by atoms with Gasteiger partial charge in [-0.25, -0.2) is 0 Å². The molecular formula is C17H25ClN6O3S. The minimum atomic E-state index is -0.577. The van der Waals surface area contributed by atoms with Crippen molar-refractivity contribution in [2.75, 3.05) is 6.54 Å². The number of hydrogen-bond donors (Lipinski definition) is 2. The zero-order chi connectivity index (χ0) is 20.2. The number of carbonyl (C=O) groups is 1. The van der Waals surface area contributed by atoms with Gasteiger partial charge in [-0.1, -0.05) is 13.8 Å². The first-order valence-electron chi connectivity index (χ1n) is 8.48. The van der Waals surface area contributed by atoms with E-state index in [9.17, 15) is 14.9 Å². The molecule has 2 rings (SSSR count). The van der Waals surface area contributed by atoms with Crippen molar-refractivity contribution in [3.8, 4) is 0 Å². The minimum Gasteiger partial charge on any atom is -0.346 e. The van der Waals surface area contributed by atoms with Crippen LogP contribution in [0.25, 0.3) is 0 Å². The molecule has 0 bridgehead atoms. The average molecular weight is 429 g/mol. The van der Waals surface area contributed by atoms with Gasteiger partial charge >= 0.3 is 0 Å². The van der Waals surface area contributed by atoms with Gasteiger partial charge in [-0.05, 0) is 43.2 Å². The number of aryl methyl sites for hydroxylation is 1. The predicted octanol–water partition coefficient (Wildman–Crippen LogP) is 2.79. The van der Waals surface area contributed by atoms with Crippen molar-refractivity contribution >= 4 is 35.8 Å². The molecule has 0 spiro atoms. The van der Waals surface area contributed by atoms with Crippen LogP contribution >= 0.6 is 24.2 Å². The summed E-state index contributed by atoms with van der Waals surface area (Å²) in [7, 11) is 1.75. The number of amides is 1. The summed E-state index contributed by atoms with van der Waals surface area (Å²) in [5.74, 6) is -0.0414. The van der Waals surface area contributed by atoms with Gasteiger partial charge in [0.1, 0.15) is 6.33 Å². The number of benzene rings is 1. The third-order valence-corrected chi connectivity index (χ3v) is 5.13. The first-order valence-corrected chi connectivity index (χ1v) is 9.29. The van der Waals surface area contributed by atoms with Crippen LogP contribution in [0.1, 0.15) is 37.6 Å². The Bertz CT molecular complexity index is 844. The average Bonchev–Trinajstić information content (AvgIpc) is 2.99. The SMILES string of the molecule is CC(C)CC(C)(CN)NC(=O)c1ccc(Sc2nncn2C)c([N+](=O)[O-])c1.Cl. The van der Waals surface area contributed by atoms with Crippen molar-refractivity contribution in [1.29, 1.82) is 0 Å². The molecule has 0 aliphatic rings. The summed E-state index contributed by atoms with van der Waals surface area (Å²) in [6.07, 6.45) is 2.22. The third kappa shape index (κ3) is 5.91. The Morgan fingerprint density at radius 2 is 2.14 bits per heavy atom. The molecule has 0 radical (unpaired) electrons. The maximum atomic E-state index is 12.6. The molecule has 1 aromatic carbocycles. The molecular weight excluding hydrogens is 404 g/mol. The van der Waals surface area contributed by atoms with Crippen molar-refractivity contribution in [3.05, 3.63) is 40.2 Å². The van der Waals surface area contributed by atoms with Crippen LogP contribution in [0.3, 0.4) is 0 Å². The fourth-order valence-corrected chi connectivity index (χ4v) is 3.63. The highest BCUT2D eigenvalue weighted by Gasteiger charge is 2.27. The molecule has 28 heavy (non-hydrogen) atoms. The van der Waals surface area contributed by atoms with Gasteiger partial charge in [0.25, 0.3) is 11.6 Å². The van der Waals surface area contributed by atoms with Crippen molar-refractivity contribution in [3.63, 3.8) is 0 Å². The molecule has 154 valence electrons. The van der Waals surface area contributed by atoms with E-state index in [1.54, 1.807) is 23.7 Å². The van der Waals surface area contributed by atoms with Crippen LogP contribution in [0, 0.1) is 16.0 Å². The summed E-state index contributed by atoms with van der Waals surface area (Å²) in [5.41, 5.74) is 5.31. The molecule has 11 heteroatoms. The first-order chi connectivity index (χ1) is 12.6. The smallest absolute Gasteiger partial charge is 0.284 e. The second kappa shape index (κ2) is 9.85. The molecule has 1 amide bonds. The molecule has 3 N–H and O–H groups in total. The van der Waals surface area contributed by atoms with Crippen LogP contribution in [0.2, 0.25) is 0 Å². The van der Waals surface area contributed by atoms with Crippen LogP contribution in [-0.2, 0) is 7.05 Å². The number of nitrogens with one attached hydrogen (secondary N) is 1. The van der Waals surface area contributed by atoms with E-state index in [0.717, 1.165) is 11.8 Å². The van der Waals surface area contributed by atoms with Gasteiger partial charge in [0.15, 0.2) is 5.16 Å². The number of hydrogen-bond acceptors (Lipinski definition) is 7. The Balaban J connectivity index is 0.00000392. The molecule has 2 aromatic rings. The fourth-order valence-electron chi connectivity index (χ4n) is 2.78. The molecule has 1 atom stereocenters. The highest BCUT2D eigenvalue weighted by atomic mass is 35.5. The Hall–Kier alpha value is -2.17. The molecule has 1 aromatic heterocycles. The molecule has 0 saturated carbocycles. The van der Waals surface area contributed by atoms with Gasteiger partial charge < -0.3 is 15.6 Å². The topological polar surface area (TPSA) is 129 Å². The van der Waals surface area contributed by atoms with E-state index < -0.39 is 10.5 Å². The number of rotatable bonds is 8.